The Kier molecular flexibility index (Phi) is 3.93. The molecule has 1 heterocycles. The number of halogens is 1. The maximum absolute atomic E-state index is 5.86. The van der Waals surface area contributed by atoms with Crippen molar-refractivity contribution in [3.63, 3.8) is 0 Å². The van der Waals surface area contributed by atoms with Crippen LogP contribution in [0, 0.1) is 6.92 Å². The summed E-state index contributed by atoms with van der Waals surface area (Å²) in [4.78, 5) is 2.09. The second-order valence-corrected chi connectivity index (χ2v) is 5.00. The van der Waals surface area contributed by atoms with E-state index in [-0.39, 0.29) is 5.38 Å². The minimum Gasteiger partial charge on any atom is -0.350 e. The van der Waals surface area contributed by atoms with Crippen molar-refractivity contribution in [2.45, 2.75) is 25.6 Å². The Labute approximate surface area is 87.7 Å². The maximum atomic E-state index is 5.86. The quantitative estimate of drug-likeness (QED) is 0.728. The average Bonchev–Trinajstić information content (AvgIpc) is 2.47. The van der Waals surface area contributed by atoms with E-state index in [4.69, 9.17) is 11.6 Å². The van der Waals surface area contributed by atoms with Gasteiger partial charge in [-0.25, -0.2) is 0 Å². The first kappa shape index (κ1) is 10.7. The minimum absolute atomic E-state index is 0.219. The highest BCUT2D eigenvalue weighted by Crippen LogP contribution is 2.18. The maximum Gasteiger partial charge on any atom is 0.208 e. The number of hydrogen-bond donors (Lipinski definition) is 0. The van der Waals surface area contributed by atoms with E-state index in [0.717, 1.165) is 23.1 Å². The molecule has 0 amide bonds. The summed E-state index contributed by atoms with van der Waals surface area (Å²) in [5, 5.41) is 10.2. The van der Waals surface area contributed by atoms with E-state index < -0.39 is 0 Å². The molecule has 1 unspecified atom stereocenters. The summed E-state index contributed by atoms with van der Waals surface area (Å²) >= 11 is 7.46. The van der Waals surface area contributed by atoms with Crippen LogP contribution in [0.25, 0.3) is 0 Å². The molecular weight excluding hydrogens is 206 g/mol. The molecule has 0 aliphatic heterocycles. The third-order valence-corrected chi connectivity index (χ3v) is 2.88. The van der Waals surface area contributed by atoms with Gasteiger partial charge in [-0.05, 0) is 20.3 Å². The molecule has 1 aromatic heterocycles. The van der Waals surface area contributed by atoms with Crippen LogP contribution in [0.5, 0.6) is 0 Å². The molecule has 0 aromatic carbocycles. The molecular formula is C8H14ClN3S. The summed E-state index contributed by atoms with van der Waals surface area (Å²) < 4.78 is 0. The molecule has 0 fully saturated rings. The van der Waals surface area contributed by atoms with Crippen molar-refractivity contribution >= 4 is 28.1 Å². The zero-order valence-corrected chi connectivity index (χ0v) is 9.69. The van der Waals surface area contributed by atoms with E-state index in [1.54, 1.807) is 11.3 Å². The Hall–Kier alpha value is -0.350. The van der Waals surface area contributed by atoms with Crippen LogP contribution in [0.15, 0.2) is 0 Å². The monoisotopic (exact) mass is 219 g/mol. The van der Waals surface area contributed by atoms with E-state index in [9.17, 15) is 0 Å². The molecule has 1 aromatic rings. The molecule has 0 spiro atoms. The number of rotatable bonds is 4. The van der Waals surface area contributed by atoms with Gasteiger partial charge in [-0.3, -0.25) is 0 Å². The Morgan fingerprint density at radius 1 is 1.54 bits per heavy atom. The summed E-state index contributed by atoms with van der Waals surface area (Å²) in [6, 6.07) is 0. The molecule has 13 heavy (non-hydrogen) atoms. The van der Waals surface area contributed by atoms with Gasteiger partial charge in [0.2, 0.25) is 5.13 Å². The van der Waals surface area contributed by atoms with Crippen LogP contribution in [-0.2, 0) is 0 Å². The predicted molar refractivity (Wildman–Crippen MR) is 57.8 cm³/mol. The number of hydrogen-bond acceptors (Lipinski definition) is 4. The van der Waals surface area contributed by atoms with Gasteiger partial charge in [0.05, 0.1) is 0 Å². The van der Waals surface area contributed by atoms with Gasteiger partial charge in [-0.15, -0.1) is 21.8 Å². The highest BCUT2D eigenvalue weighted by molar-refractivity contribution is 7.15. The third kappa shape index (κ3) is 3.48. The first-order valence-corrected chi connectivity index (χ1v) is 5.50. The minimum atomic E-state index is 0.219. The number of alkyl halides is 1. The van der Waals surface area contributed by atoms with E-state index in [2.05, 4.69) is 15.1 Å². The second kappa shape index (κ2) is 4.77. The molecule has 74 valence electrons. The highest BCUT2D eigenvalue weighted by Gasteiger charge is 2.07. The molecule has 3 nitrogen and oxygen atoms in total. The van der Waals surface area contributed by atoms with Gasteiger partial charge in [-0.1, -0.05) is 11.3 Å². The van der Waals surface area contributed by atoms with E-state index in [1.165, 1.54) is 0 Å². The van der Waals surface area contributed by atoms with Crippen LogP contribution < -0.4 is 4.90 Å². The predicted octanol–water partition coefficient (Wildman–Crippen LogP) is 2.30. The summed E-state index contributed by atoms with van der Waals surface area (Å²) in [7, 11) is 2.01. The number of anilines is 1. The normalized spacial score (nSPS) is 12.9. The summed E-state index contributed by atoms with van der Waals surface area (Å²) in [5.74, 6) is 0. The first-order chi connectivity index (χ1) is 6.09. The number of aromatic nitrogens is 2. The van der Waals surface area contributed by atoms with Crippen LogP contribution >= 0.6 is 22.9 Å². The van der Waals surface area contributed by atoms with Crippen molar-refractivity contribution in [3.8, 4) is 0 Å². The molecule has 0 aliphatic carbocycles. The fourth-order valence-corrected chi connectivity index (χ4v) is 1.68. The van der Waals surface area contributed by atoms with Crippen LogP contribution in [0.4, 0.5) is 5.13 Å². The molecule has 0 N–H and O–H groups in total. The van der Waals surface area contributed by atoms with E-state index >= 15 is 0 Å². The average molecular weight is 220 g/mol. The molecule has 0 bridgehead atoms. The Balaban J connectivity index is 2.44. The van der Waals surface area contributed by atoms with Gasteiger partial charge in [0.1, 0.15) is 5.01 Å². The van der Waals surface area contributed by atoms with Crippen molar-refractivity contribution < 1.29 is 0 Å². The molecule has 0 aliphatic rings. The number of nitrogens with zero attached hydrogens (tertiary/aromatic N) is 3. The molecule has 0 saturated carbocycles. The smallest absolute Gasteiger partial charge is 0.208 e. The topological polar surface area (TPSA) is 29.0 Å². The van der Waals surface area contributed by atoms with E-state index in [0.29, 0.717) is 0 Å². The lowest BCUT2D eigenvalue weighted by molar-refractivity contribution is 0.766. The van der Waals surface area contributed by atoms with Gasteiger partial charge >= 0.3 is 0 Å². The highest BCUT2D eigenvalue weighted by atomic mass is 35.5. The molecule has 0 saturated heterocycles. The fraction of sp³-hybridized carbons (Fsp3) is 0.750. The summed E-state index contributed by atoms with van der Waals surface area (Å²) in [6.07, 6.45) is 0.969. The largest absolute Gasteiger partial charge is 0.350 e. The van der Waals surface area contributed by atoms with Crippen molar-refractivity contribution in [2.75, 3.05) is 18.5 Å². The number of aryl methyl sites for hydroxylation is 1. The Bertz CT molecular complexity index is 262. The summed E-state index contributed by atoms with van der Waals surface area (Å²) in [5.41, 5.74) is 0. The molecule has 1 rings (SSSR count). The Morgan fingerprint density at radius 3 is 2.69 bits per heavy atom. The zero-order valence-electron chi connectivity index (χ0n) is 8.12. The van der Waals surface area contributed by atoms with Gasteiger partial charge in [-0.2, -0.15) is 0 Å². The summed E-state index contributed by atoms with van der Waals surface area (Å²) in [6.45, 7) is 4.89. The zero-order chi connectivity index (χ0) is 9.84. The molecule has 5 heteroatoms. The van der Waals surface area contributed by atoms with Crippen LogP contribution in [0.2, 0.25) is 0 Å². The van der Waals surface area contributed by atoms with Crippen LogP contribution in [0.1, 0.15) is 18.4 Å². The fourth-order valence-electron chi connectivity index (χ4n) is 0.908. The van der Waals surface area contributed by atoms with Gasteiger partial charge in [0, 0.05) is 19.0 Å². The van der Waals surface area contributed by atoms with Crippen molar-refractivity contribution in [2.24, 2.45) is 0 Å². The van der Waals surface area contributed by atoms with Crippen molar-refractivity contribution in [1.82, 2.24) is 10.2 Å². The van der Waals surface area contributed by atoms with Gasteiger partial charge < -0.3 is 4.90 Å². The van der Waals surface area contributed by atoms with Crippen molar-refractivity contribution in [3.05, 3.63) is 5.01 Å². The van der Waals surface area contributed by atoms with Gasteiger partial charge in [0.15, 0.2) is 0 Å². The van der Waals surface area contributed by atoms with Gasteiger partial charge in [0.25, 0.3) is 0 Å². The second-order valence-electron chi connectivity index (χ2n) is 3.09. The standard InChI is InChI=1S/C8H14ClN3S/c1-6(9)4-5-12(3)8-11-10-7(2)13-8/h6H,4-5H2,1-3H3. The molecule has 1 atom stereocenters. The first-order valence-electron chi connectivity index (χ1n) is 4.25. The SMILES string of the molecule is Cc1nnc(N(C)CCC(C)Cl)s1. The lowest BCUT2D eigenvalue weighted by Gasteiger charge is -2.15. The Morgan fingerprint density at radius 2 is 2.23 bits per heavy atom. The van der Waals surface area contributed by atoms with E-state index in [1.807, 2.05) is 20.9 Å². The molecule has 0 radical (unpaired) electrons. The van der Waals surface area contributed by atoms with Crippen molar-refractivity contribution in [1.29, 1.82) is 0 Å². The lowest BCUT2D eigenvalue weighted by atomic mass is 10.3. The lowest BCUT2D eigenvalue weighted by Crippen LogP contribution is -2.20. The van der Waals surface area contributed by atoms with Crippen LogP contribution in [0.3, 0.4) is 0 Å². The third-order valence-electron chi connectivity index (χ3n) is 1.70. The van der Waals surface area contributed by atoms with Crippen LogP contribution in [-0.4, -0.2) is 29.2 Å².